The summed E-state index contributed by atoms with van der Waals surface area (Å²) in [4.78, 5) is 14.6. The Morgan fingerprint density at radius 1 is 1.33 bits per heavy atom. The summed E-state index contributed by atoms with van der Waals surface area (Å²) in [6.45, 7) is 7.64. The van der Waals surface area contributed by atoms with Crippen LogP contribution in [0.5, 0.6) is 0 Å². The third-order valence-corrected chi connectivity index (χ3v) is 3.90. The van der Waals surface area contributed by atoms with Gasteiger partial charge in [0.15, 0.2) is 0 Å². The van der Waals surface area contributed by atoms with Crippen molar-refractivity contribution in [2.75, 3.05) is 39.9 Å². The highest BCUT2D eigenvalue weighted by molar-refractivity contribution is 5.85. The molecule has 0 aromatic carbocycles. The van der Waals surface area contributed by atoms with Gasteiger partial charge in [-0.1, -0.05) is 0 Å². The van der Waals surface area contributed by atoms with E-state index in [4.69, 9.17) is 9.47 Å². The first-order chi connectivity index (χ1) is 8.49. The molecule has 0 aromatic rings. The zero-order valence-electron chi connectivity index (χ0n) is 11.6. The first kappa shape index (κ1) is 13.8. The highest BCUT2D eigenvalue weighted by Crippen LogP contribution is 2.27. The Bertz CT molecular complexity index is 311. The maximum absolute atomic E-state index is 12.7. The van der Waals surface area contributed by atoms with Gasteiger partial charge in [-0.05, 0) is 39.8 Å². The summed E-state index contributed by atoms with van der Waals surface area (Å²) in [6, 6.07) is 0. The minimum absolute atomic E-state index is 0.128. The first-order valence-electron chi connectivity index (χ1n) is 6.68. The molecule has 0 unspecified atom stereocenters. The molecule has 0 atom stereocenters. The molecule has 0 spiro atoms. The number of carbonyl (C=O) groups is 1. The number of nitrogens with one attached hydrogen (secondary N) is 1. The van der Waals surface area contributed by atoms with Crippen LogP contribution >= 0.6 is 0 Å². The van der Waals surface area contributed by atoms with Gasteiger partial charge < -0.3 is 19.7 Å². The number of morpholine rings is 1. The lowest BCUT2D eigenvalue weighted by molar-refractivity contribution is -0.170. The van der Waals surface area contributed by atoms with Crippen molar-refractivity contribution in [1.29, 1.82) is 0 Å². The van der Waals surface area contributed by atoms with Crippen molar-refractivity contribution in [3.63, 3.8) is 0 Å². The smallest absolute Gasteiger partial charge is 0.255 e. The summed E-state index contributed by atoms with van der Waals surface area (Å²) in [5.74, 6) is 0.128. The van der Waals surface area contributed by atoms with E-state index in [9.17, 15) is 4.79 Å². The molecule has 0 aromatic heterocycles. The van der Waals surface area contributed by atoms with Crippen molar-refractivity contribution in [2.45, 2.75) is 37.9 Å². The van der Waals surface area contributed by atoms with Crippen LogP contribution in [0.1, 0.15) is 26.7 Å². The summed E-state index contributed by atoms with van der Waals surface area (Å²) in [5.41, 5.74) is -0.881. The molecule has 0 bridgehead atoms. The molecule has 104 valence electrons. The van der Waals surface area contributed by atoms with Crippen LogP contribution in [-0.4, -0.2) is 61.9 Å². The number of ether oxygens (including phenoxy) is 2. The number of nitrogens with zero attached hydrogens (tertiary/aromatic N) is 1. The third kappa shape index (κ3) is 2.68. The number of amides is 1. The van der Waals surface area contributed by atoms with Crippen LogP contribution < -0.4 is 5.32 Å². The molecule has 2 aliphatic rings. The molecule has 2 saturated heterocycles. The summed E-state index contributed by atoms with van der Waals surface area (Å²) in [6.07, 6.45) is 1.50. The first-order valence-corrected chi connectivity index (χ1v) is 6.68. The molecule has 1 N–H and O–H groups in total. The molecule has 5 nitrogen and oxygen atoms in total. The second-order valence-corrected chi connectivity index (χ2v) is 5.78. The van der Waals surface area contributed by atoms with Crippen LogP contribution in [0.25, 0.3) is 0 Å². The van der Waals surface area contributed by atoms with Crippen molar-refractivity contribution in [3.05, 3.63) is 0 Å². The van der Waals surface area contributed by atoms with E-state index in [2.05, 4.69) is 5.32 Å². The van der Waals surface area contributed by atoms with Gasteiger partial charge in [-0.25, -0.2) is 0 Å². The van der Waals surface area contributed by atoms with E-state index in [1.54, 1.807) is 7.11 Å². The monoisotopic (exact) mass is 256 g/mol. The highest BCUT2D eigenvalue weighted by atomic mass is 16.5. The number of hydrogen-bond donors (Lipinski definition) is 1. The van der Waals surface area contributed by atoms with Gasteiger partial charge in [0, 0.05) is 20.2 Å². The second kappa shape index (κ2) is 5.15. The fourth-order valence-electron chi connectivity index (χ4n) is 2.81. The summed E-state index contributed by atoms with van der Waals surface area (Å²) < 4.78 is 11.2. The van der Waals surface area contributed by atoms with Gasteiger partial charge in [0.1, 0.15) is 5.60 Å². The van der Waals surface area contributed by atoms with Crippen LogP contribution in [0.3, 0.4) is 0 Å². The van der Waals surface area contributed by atoms with Crippen molar-refractivity contribution in [1.82, 2.24) is 10.2 Å². The molecule has 2 aliphatic heterocycles. The number of methoxy groups -OCH3 is 1. The largest absolute Gasteiger partial charge is 0.372 e. The molecule has 2 rings (SSSR count). The lowest BCUT2D eigenvalue weighted by Gasteiger charge is -2.44. The Hall–Kier alpha value is -0.650. The minimum atomic E-state index is -0.626. The Labute approximate surface area is 109 Å². The maximum Gasteiger partial charge on any atom is 0.255 e. The number of piperidine rings is 1. The third-order valence-electron chi connectivity index (χ3n) is 3.90. The molecule has 0 aliphatic carbocycles. The fraction of sp³-hybridized carbons (Fsp3) is 0.923. The van der Waals surface area contributed by atoms with Gasteiger partial charge in [0.2, 0.25) is 0 Å². The molecule has 0 radical (unpaired) electrons. The summed E-state index contributed by atoms with van der Waals surface area (Å²) in [7, 11) is 1.65. The molecule has 2 fully saturated rings. The fourth-order valence-corrected chi connectivity index (χ4v) is 2.81. The maximum atomic E-state index is 12.7. The van der Waals surface area contributed by atoms with Crippen LogP contribution in [0.2, 0.25) is 0 Å². The van der Waals surface area contributed by atoms with Crippen molar-refractivity contribution < 1.29 is 14.3 Å². The van der Waals surface area contributed by atoms with E-state index >= 15 is 0 Å². The predicted molar refractivity (Wildman–Crippen MR) is 68.5 cm³/mol. The van der Waals surface area contributed by atoms with Gasteiger partial charge in [-0.3, -0.25) is 4.79 Å². The zero-order chi connectivity index (χ0) is 13.2. The quantitative estimate of drug-likeness (QED) is 0.776. The van der Waals surface area contributed by atoms with E-state index in [1.807, 2.05) is 18.7 Å². The molecule has 5 heteroatoms. The second-order valence-electron chi connectivity index (χ2n) is 5.78. The van der Waals surface area contributed by atoms with Crippen LogP contribution in [0.4, 0.5) is 0 Å². The minimum Gasteiger partial charge on any atom is -0.372 e. The van der Waals surface area contributed by atoms with Gasteiger partial charge >= 0.3 is 0 Å². The molecular formula is C13H24N2O3. The average Bonchev–Trinajstić information content (AvgIpc) is 2.37. The van der Waals surface area contributed by atoms with Crippen LogP contribution in [-0.2, 0) is 14.3 Å². The van der Waals surface area contributed by atoms with Crippen LogP contribution in [0, 0.1) is 0 Å². The van der Waals surface area contributed by atoms with E-state index in [-0.39, 0.29) is 11.5 Å². The standard InChI is InChI=1S/C13H24N2O3/c1-12(2)10-15(8-9-18-12)11(16)13(17-3)4-6-14-7-5-13/h14H,4-10H2,1-3H3. The lowest BCUT2D eigenvalue weighted by Crippen LogP contribution is -2.60. The highest BCUT2D eigenvalue weighted by Gasteiger charge is 2.44. The molecular weight excluding hydrogens is 232 g/mol. The van der Waals surface area contributed by atoms with E-state index < -0.39 is 5.60 Å². The van der Waals surface area contributed by atoms with Gasteiger partial charge in [-0.2, -0.15) is 0 Å². The topological polar surface area (TPSA) is 50.8 Å². The SMILES string of the molecule is COC1(C(=O)N2CCOC(C)(C)C2)CCNCC1. The number of rotatable bonds is 2. The lowest BCUT2D eigenvalue weighted by atomic mass is 9.89. The van der Waals surface area contributed by atoms with E-state index in [0.717, 1.165) is 25.9 Å². The molecule has 2 heterocycles. The predicted octanol–water partition coefficient (Wildman–Crippen LogP) is 0.392. The zero-order valence-corrected chi connectivity index (χ0v) is 11.6. The molecule has 18 heavy (non-hydrogen) atoms. The van der Waals surface area contributed by atoms with E-state index in [0.29, 0.717) is 19.7 Å². The average molecular weight is 256 g/mol. The summed E-state index contributed by atoms with van der Waals surface area (Å²) >= 11 is 0. The van der Waals surface area contributed by atoms with Gasteiger partial charge in [-0.15, -0.1) is 0 Å². The van der Waals surface area contributed by atoms with Gasteiger partial charge in [0.05, 0.1) is 12.2 Å². The Morgan fingerprint density at radius 3 is 2.56 bits per heavy atom. The normalized spacial score (nSPS) is 26.9. The van der Waals surface area contributed by atoms with Crippen molar-refractivity contribution in [3.8, 4) is 0 Å². The summed E-state index contributed by atoms with van der Waals surface area (Å²) in [5, 5.41) is 3.27. The Morgan fingerprint density at radius 2 is 2.00 bits per heavy atom. The van der Waals surface area contributed by atoms with Gasteiger partial charge in [0.25, 0.3) is 5.91 Å². The molecule has 0 saturated carbocycles. The Balaban J connectivity index is 2.09. The Kier molecular flexibility index (Phi) is 3.94. The van der Waals surface area contributed by atoms with Crippen molar-refractivity contribution in [2.24, 2.45) is 0 Å². The van der Waals surface area contributed by atoms with Crippen LogP contribution in [0.15, 0.2) is 0 Å². The molecule has 1 amide bonds. The number of carbonyl (C=O) groups excluding carboxylic acids is 1. The van der Waals surface area contributed by atoms with Crippen molar-refractivity contribution >= 4 is 5.91 Å². The number of hydrogen-bond acceptors (Lipinski definition) is 4. The van der Waals surface area contributed by atoms with E-state index in [1.165, 1.54) is 0 Å².